The fourth-order valence-electron chi connectivity index (χ4n) is 2.98. The van der Waals surface area contributed by atoms with Crippen LogP contribution in [-0.2, 0) is 6.54 Å². The molecule has 0 aromatic heterocycles. The molecule has 1 aromatic rings. The summed E-state index contributed by atoms with van der Waals surface area (Å²) in [5.74, 6) is 2.15. The average molecular weight is 279 g/mol. The minimum absolute atomic E-state index is 0.224. The third-order valence-electron chi connectivity index (χ3n) is 4.06. The van der Waals surface area contributed by atoms with Gasteiger partial charge in [0.2, 0.25) is 12.5 Å². The molecule has 5 heteroatoms. The lowest BCUT2D eigenvalue weighted by Crippen LogP contribution is -2.41. The van der Waals surface area contributed by atoms with Gasteiger partial charge in [-0.25, -0.2) is 0 Å². The van der Waals surface area contributed by atoms with Crippen LogP contribution in [0.2, 0.25) is 0 Å². The Morgan fingerprint density at radius 1 is 1.35 bits per heavy atom. The second-order valence-corrected chi connectivity index (χ2v) is 5.33. The minimum atomic E-state index is 0.224. The number of benzene rings is 1. The Hall–Kier alpha value is -1.46. The maximum atomic E-state index is 9.48. The van der Waals surface area contributed by atoms with Crippen LogP contribution in [0.3, 0.4) is 0 Å². The molecular weight excluding hydrogens is 258 g/mol. The van der Waals surface area contributed by atoms with E-state index < -0.39 is 0 Å². The zero-order valence-electron chi connectivity index (χ0n) is 11.8. The molecule has 0 saturated carbocycles. The van der Waals surface area contributed by atoms with E-state index in [0.717, 1.165) is 30.8 Å². The quantitative estimate of drug-likeness (QED) is 0.910. The van der Waals surface area contributed by atoms with Crippen LogP contribution in [0.25, 0.3) is 0 Å². The second kappa shape index (κ2) is 5.89. The number of fused-ring (bicyclic) bond motifs is 1. The molecule has 2 heterocycles. The van der Waals surface area contributed by atoms with E-state index in [4.69, 9.17) is 14.2 Å². The summed E-state index contributed by atoms with van der Waals surface area (Å²) in [5.41, 5.74) is 1.13. The first-order valence-corrected chi connectivity index (χ1v) is 7.13. The molecule has 1 atom stereocenters. The van der Waals surface area contributed by atoms with Gasteiger partial charge in [-0.1, -0.05) is 6.42 Å². The summed E-state index contributed by atoms with van der Waals surface area (Å²) in [6.07, 6.45) is 3.46. The maximum absolute atomic E-state index is 9.48. The molecule has 0 amide bonds. The monoisotopic (exact) mass is 279 g/mol. The molecule has 3 rings (SSSR count). The topological polar surface area (TPSA) is 51.2 Å². The molecule has 1 fully saturated rings. The number of aliphatic hydroxyl groups excluding tert-OH is 1. The number of rotatable bonds is 4. The lowest BCUT2D eigenvalue weighted by atomic mass is 10.0. The van der Waals surface area contributed by atoms with Crippen molar-refractivity contribution in [1.82, 2.24) is 4.90 Å². The third-order valence-corrected chi connectivity index (χ3v) is 4.06. The zero-order chi connectivity index (χ0) is 13.9. The molecule has 0 bridgehead atoms. The summed E-state index contributed by atoms with van der Waals surface area (Å²) in [5, 5.41) is 9.48. The van der Waals surface area contributed by atoms with E-state index in [9.17, 15) is 5.11 Å². The lowest BCUT2D eigenvalue weighted by Gasteiger charge is -2.34. The van der Waals surface area contributed by atoms with E-state index in [1.807, 2.05) is 12.1 Å². The highest BCUT2D eigenvalue weighted by Crippen LogP contribution is 2.42. The minimum Gasteiger partial charge on any atom is -0.493 e. The second-order valence-electron chi connectivity index (χ2n) is 5.33. The molecule has 0 spiro atoms. The summed E-state index contributed by atoms with van der Waals surface area (Å²) in [6, 6.07) is 4.27. The fraction of sp³-hybridized carbons (Fsp3) is 0.600. The molecule has 2 aliphatic heterocycles. The van der Waals surface area contributed by atoms with Crippen LogP contribution in [-0.4, -0.2) is 43.1 Å². The van der Waals surface area contributed by atoms with Gasteiger partial charge >= 0.3 is 0 Å². The molecule has 1 N–H and O–H groups in total. The van der Waals surface area contributed by atoms with Crippen molar-refractivity contribution in [2.75, 3.05) is 27.1 Å². The maximum Gasteiger partial charge on any atom is 0.231 e. The van der Waals surface area contributed by atoms with Crippen LogP contribution in [0.15, 0.2) is 12.1 Å². The molecule has 5 nitrogen and oxygen atoms in total. The van der Waals surface area contributed by atoms with E-state index in [2.05, 4.69) is 4.90 Å². The molecule has 1 aromatic carbocycles. The molecule has 0 unspecified atom stereocenters. The molecule has 0 radical (unpaired) electrons. The molecule has 0 aliphatic carbocycles. The molecule has 110 valence electrons. The average Bonchev–Trinajstić information content (AvgIpc) is 2.95. The smallest absolute Gasteiger partial charge is 0.231 e. The Morgan fingerprint density at radius 2 is 2.25 bits per heavy atom. The number of methoxy groups -OCH3 is 1. The number of piperidine rings is 1. The predicted molar refractivity (Wildman–Crippen MR) is 74.3 cm³/mol. The van der Waals surface area contributed by atoms with Crippen molar-refractivity contribution in [3.8, 4) is 17.2 Å². The number of aliphatic hydroxyl groups is 1. The Kier molecular flexibility index (Phi) is 3.98. The highest BCUT2D eigenvalue weighted by Gasteiger charge is 2.24. The number of hydrogen-bond acceptors (Lipinski definition) is 5. The van der Waals surface area contributed by atoms with Crippen LogP contribution in [0.4, 0.5) is 0 Å². The third kappa shape index (κ3) is 2.55. The molecule has 1 saturated heterocycles. The highest BCUT2D eigenvalue weighted by atomic mass is 16.7. The first-order valence-electron chi connectivity index (χ1n) is 7.13. The summed E-state index contributed by atoms with van der Waals surface area (Å²) in [6.45, 7) is 2.31. The van der Waals surface area contributed by atoms with Gasteiger partial charge in [-0.15, -0.1) is 0 Å². The summed E-state index contributed by atoms with van der Waals surface area (Å²) in [4.78, 5) is 2.33. The summed E-state index contributed by atoms with van der Waals surface area (Å²) in [7, 11) is 1.64. The van der Waals surface area contributed by atoms with E-state index in [1.165, 1.54) is 12.8 Å². The van der Waals surface area contributed by atoms with Gasteiger partial charge in [-0.05, 0) is 37.1 Å². The van der Waals surface area contributed by atoms with E-state index >= 15 is 0 Å². The number of ether oxygens (including phenoxy) is 3. The zero-order valence-corrected chi connectivity index (χ0v) is 11.8. The van der Waals surface area contributed by atoms with Crippen LogP contribution < -0.4 is 14.2 Å². The number of hydrogen-bond donors (Lipinski definition) is 1. The van der Waals surface area contributed by atoms with Gasteiger partial charge in [0, 0.05) is 12.6 Å². The van der Waals surface area contributed by atoms with Gasteiger partial charge in [0.1, 0.15) is 0 Å². The van der Waals surface area contributed by atoms with Gasteiger partial charge in [0.15, 0.2) is 11.5 Å². The Balaban J connectivity index is 1.80. The first-order chi connectivity index (χ1) is 9.81. The van der Waals surface area contributed by atoms with Gasteiger partial charge in [0.25, 0.3) is 0 Å². The SMILES string of the molecule is COc1cc(CN2CCCC[C@@H]2CO)cc2c1OCO2. The number of nitrogens with zero attached hydrogens (tertiary/aromatic N) is 1. The number of likely N-dealkylation sites (tertiary alicyclic amines) is 1. The Labute approximate surface area is 119 Å². The van der Waals surface area contributed by atoms with Crippen LogP contribution >= 0.6 is 0 Å². The summed E-state index contributed by atoms with van der Waals surface area (Å²) >= 11 is 0. The van der Waals surface area contributed by atoms with Crippen molar-refractivity contribution in [1.29, 1.82) is 0 Å². The van der Waals surface area contributed by atoms with Crippen molar-refractivity contribution in [3.63, 3.8) is 0 Å². The Bertz CT molecular complexity index is 477. The molecular formula is C15H21NO4. The largest absolute Gasteiger partial charge is 0.493 e. The molecule has 2 aliphatic rings. The highest BCUT2D eigenvalue weighted by molar-refractivity contribution is 5.55. The standard InChI is InChI=1S/C15H21NO4/c1-18-13-6-11(7-14-15(13)20-10-19-14)8-16-5-3-2-4-12(16)9-17/h6-7,12,17H,2-5,8-10H2,1H3/t12-/m1/s1. The van der Waals surface area contributed by atoms with Crippen molar-refractivity contribution >= 4 is 0 Å². The lowest BCUT2D eigenvalue weighted by molar-refractivity contribution is 0.0840. The predicted octanol–water partition coefficient (Wildman–Crippen LogP) is 1.77. The van der Waals surface area contributed by atoms with Crippen LogP contribution in [0, 0.1) is 0 Å². The summed E-state index contributed by atoms with van der Waals surface area (Å²) < 4.78 is 16.2. The Morgan fingerprint density at radius 3 is 3.05 bits per heavy atom. The first kappa shape index (κ1) is 13.5. The van der Waals surface area contributed by atoms with Crippen molar-refractivity contribution in [3.05, 3.63) is 17.7 Å². The molecule has 20 heavy (non-hydrogen) atoms. The van der Waals surface area contributed by atoms with Gasteiger partial charge in [-0.2, -0.15) is 0 Å². The van der Waals surface area contributed by atoms with E-state index in [-0.39, 0.29) is 19.4 Å². The van der Waals surface area contributed by atoms with E-state index in [0.29, 0.717) is 11.5 Å². The van der Waals surface area contributed by atoms with Crippen molar-refractivity contribution < 1.29 is 19.3 Å². The normalized spacial score (nSPS) is 22.0. The van der Waals surface area contributed by atoms with Crippen LogP contribution in [0.1, 0.15) is 24.8 Å². The van der Waals surface area contributed by atoms with Crippen LogP contribution in [0.5, 0.6) is 17.2 Å². The van der Waals surface area contributed by atoms with Gasteiger partial charge < -0.3 is 19.3 Å². The fourth-order valence-corrected chi connectivity index (χ4v) is 2.98. The van der Waals surface area contributed by atoms with Gasteiger partial charge in [-0.3, -0.25) is 4.90 Å². The van der Waals surface area contributed by atoms with E-state index in [1.54, 1.807) is 7.11 Å². The van der Waals surface area contributed by atoms with Crippen molar-refractivity contribution in [2.24, 2.45) is 0 Å². The van der Waals surface area contributed by atoms with Crippen molar-refractivity contribution in [2.45, 2.75) is 31.8 Å². The van der Waals surface area contributed by atoms with Gasteiger partial charge in [0.05, 0.1) is 13.7 Å².